The molecule has 0 saturated heterocycles. The second kappa shape index (κ2) is 6.90. The molecule has 1 saturated carbocycles. The minimum Gasteiger partial charge on any atom is -0.352 e. The molecule has 8 heteroatoms. The number of hydrogen-bond donors (Lipinski definition) is 3. The third-order valence-electron chi connectivity index (χ3n) is 3.20. The SMILES string of the molecule is CC(C)(C)NS(=O)(=O)c1cccc(C(=O)NCC(=O)NC2CC2)c1. The molecule has 0 atom stereocenters. The van der Waals surface area contributed by atoms with Crippen LogP contribution in [0.15, 0.2) is 29.2 Å². The van der Waals surface area contributed by atoms with Gasteiger partial charge in [-0.2, -0.15) is 0 Å². The van der Waals surface area contributed by atoms with Crippen molar-refractivity contribution in [1.82, 2.24) is 15.4 Å². The van der Waals surface area contributed by atoms with Crippen LogP contribution in [-0.4, -0.2) is 38.4 Å². The Morgan fingerprint density at radius 3 is 2.46 bits per heavy atom. The Hall–Kier alpha value is -1.93. The molecule has 1 aromatic carbocycles. The molecular weight excluding hydrogens is 330 g/mol. The lowest BCUT2D eigenvalue weighted by Crippen LogP contribution is -2.40. The van der Waals surface area contributed by atoms with Gasteiger partial charge >= 0.3 is 0 Å². The number of amides is 2. The van der Waals surface area contributed by atoms with E-state index < -0.39 is 21.5 Å². The molecule has 132 valence electrons. The van der Waals surface area contributed by atoms with Gasteiger partial charge in [0.2, 0.25) is 15.9 Å². The van der Waals surface area contributed by atoms with Crippen molar-refractivity contribution in [3.8, 4) is 0 Å². The molecule has 1 fully saturated rings. The predicted molar refractivity (Wildman–Crippen MR) is 90.0 cm³/mol. The van der Waals surface area contributed by atoms with Gasteiger partial charge in [0.25, 0.3) is 5.91 Å². The summed E-state index contributed by atoms with van der Waals surface area (Å²) in [5.41, 5.74) is -0.441. The highest BCUT2D eigenvalue weighted by Crippen LogP contribution is 2.18. The quantitative estimate of drug-likeness (QED) is 0.703. The highest BCUT2D eigenvalue weighted by atomic mass is 32.2. The number of rotatable bonds is 6. The number of carbonyl (C=O) groups excluding carboxylic acids is 2. The standard InChI is InChI=1S/C16H23N3O4S/c1-16(2,3)19-24(22,23)13-6-4-5-11(9-13)15(21)17-10-14(20)18-12-7-8-12/h4-6,9,12,19H,7-8,10H2,1-3H3,(H,17,21)(H,18,20). The van der Waals surface area contributed by atoms with Crippen molar-refractivity contribution < 1.29 is 18.0 Å². The average Bonchev–Trinajstić information content (AvgIpc) is 3.26. The van der Waals surface area contributed by atoms with Crippen LogP contribution in [0.1, 0.15) is 44.0 Å². The lowest BCUT2D eigenvalue weighted by atomic mass is 10.1. The maximum absolute atomic E-state index is 12.3. The van der Waals surface area contributed by atoms with E-state index in [2.05, 4.69) is 15.4 Å². The minimum atomic E-state index is -3.72. The van der Waals surface area contributed by atoms with Crippen LogP contribution in [0, 0.1) is 0 Å². The largest absolute Gasteiger partial charge is 0.352 e. The molecule has 0 spiro atoms. The van der Waals surface area contributed by atoms with Crippen molar-refractivity contribution in [2.75, 3.05) is 6.54 Å². The predicted octanol–water partition coefficient (Wildman–Crippen LogP) is 0.772. The first-order valence-electron chi connectivity index (χ1n) is 7.78. The van der Waals surface area contributed by atoms with Gasteiger partial charge in [-0.25, -0.2) is 13.1 Å². The maximum Gasteiger partial charge on any atom is 0.251 e. The second-order valence-corrected chi connectivity index (χ2v) is 8.59. The van der Waals surface area contributed by atoms with E-state index in [4.69, 9.17) is 0 Å². The van der Waals surface area contributed by atoms with Gasteiger partial charge in [0.15, 0.2) is 0 Å². The van der Waals surface area contributed by atoms with Gasteiger partial charge in [0.05, 0.1) is 11.4 Å². The Morgan fingerprint density at radius 2 is 1.88 bits per heavy atom. The molecular formula is C16H23N3O4S. The van der Waals surface area contributed by atoms with Crippen molar-refractivity contribution in [3.63, 3.8) is 0 Å². The van der Waals surface area contributed by atoms with E-state index in [1.807, 2.05) is 0 Å². The molecule has 0 bridgehead atoms. The summed E-state index contributed by atoms with van der Waals surface area (Å²) >= 11 is 0. The third kappa shape index (κ3) is 5.61. The molecule has 0 heterocycles. The summed E-state index contributed by atoms with van der Waals surface area (Å²) in [6.45, 7) is 5.07. The van der Waals surface area contributed by atoms with Crippen molar-refractivity contribution in [2.24, 2.45) is 0 Å². The number of benzene rings is 1. The zero-order chi connectivity index (χ0) is 18.0. The maximum atomic E-state index is 12.3. The van der Waals surface area contributed by atoms with Gasteiger partial charge in [-0.1, -0.05) is 6.07 Å². The summed E-state index contributed by atoms with van der Waals surface area (Å²) in [5, 5.41) is 5.26. The molecule has 1 aromatic rings. The van der Waals surface area contributed by atoms with Crippen LogP contribution < -0.4 is 15.4 Å². The fourth-order valence-electron chi connectivity index (χ4n) is 2.04. The van der Waals surface area contributed by atoms with Crippen molar-refractivity contribution >= 4 is 21.8 Å². The molecule has 3 N–H and O–H groups in total. The molecule has 0 aliphatic heterocycles. The Morgan fingerprint density at radius 1 is 1.21 bits per heavy atom. The van der Waals surface area contributed by atoms with Crippen LogP contribution in [0.2, 0.25) is 0 Å². The normalized spacial score (nSPS) is 15.0. The van der Waals surface area contributed by atoms with Crippen LogP contribution in [0.4, 0.5) is 0 Å². The summed E-state index contributed by atoms with van der Waals surface area (Å²) in [4.78, 5) is 23.7. The fraction of sp³-hybridized carbons (Fsp3) is 0.500. The van der Waals surface area contributed by atoms with E-state index in [9.17, 15) is 18.0 Å². The number of sulfonamides is 1. The Bertz CT molecular complexity index is 734. The highest BCUT2D eigenvalue weighted by Gasteiger charge is 2.24. The number of carbonyl (C=O) groups is 2. The van der Waals surface area contributed by atoms with E-state index in [1.165, 1.54) is 24.3 Å². The summed E-state index contributed by atoms with van der Waals surface area (Å²) < 4.78 is 27.2. The lowest BCUT2D eigenvalue weighted by Gasteiger charge is -2.20. The monoisotopic (exact) mass is 353 g/mol. The Labute approximate surface area is 142 Å². The lowest BCUT2D eigenvalue weighted by molar-refractivity contribution is -0.120. The number of hydrogen-bond acceptors (Lipinski definition) is 4. The van der Waals surface area contributed by atoms with E-state index in [0.717, 1.165) is 12.8 Å². The Balaban J connectivity index is 2.03. The van der Waals surface area contributed by atoms with Crippen molar-refractivity contribution in [2.45, 2.75) is 50.1 Å². The van der Waals surface area contributed by atoms with Gasteiger partial charge in [-0.05, 0) is 51.8 Å². The van der Waals surface area contributed by atoms with Crippen LogP contribution in [-0.2, 0) is 14.8 Å². The van der Waals surface area contributed by atoms with E-state index in [1.54, 1.807) is 20.8 Å². The molecule has 0 unspecified atom stereocenters. The van der Waals surface area contributed by atoms with Gasteiger partial charge < -0.3 is 10.6 Å². The van der Waals surface area contributed by atoms with Crippen LogP contribution in [0.3, 0.4) is 0 Å². The zero-order valence-electron chi connectivity index (χ0n) is 14.0. The van der Waals surface area contributed by atoms with Crippen molar-refractivity contribution in [1.29, 1.82) is 0 Å². The average molecular weight is 353 g/mol. The van der Waals surface area contributed by atoms with Crippen molar-refractivity contribution in [3.05, 3.63) is 29.8 Å². The first-order valence-corrected chi connectivity index (χ1v) is 9.27. The first-order chi connectivity index (χ1) is 11.1. The minimum absolute atomic E-state index is 0.00695. The topological polar surface area (TPSA) is 104 Å². The molecule has 24 heavy (non-hydrogen) atoms. The van der Waals surface area contributed by atoms with E-state index in [0.29, 0.717) is 0 Å². The smallest absolute Gasteiger partial charge is 0.251 e. The summed E-state index contributed by atoms with van der Waals surface area (Å²) in [7, 11) is -3.72. The molecule has 7 nitrogen and oxygen atoms in total. The third-order valence-corrected chi connectivity index (χ3v) is 4.95. The van der Waals surface area contributed by atoms with Crippen LogP contribution in [0.25, 0.3) is 0 Å². The fourth-order valence-corrected chi connectivity index (χ4v) is 3.50. The van der Waals surface area contributed by atoms with Gasteiger partial charge in [0, 0.05) is 17.1 Å². The summed E-state index contributed by atoms with van der Waals surface area (Å²) in [6, 6.07) is 5.94. The summed E-state index contributed by atoms with van der Waals surface area (Å²) in [5.74, 6) is -0.738. The molecule has 1 aliphatic rings. The molecule has 0 radical (unpaired) electrons. The number of nitrogens with one attached hydrogen (secondary N) is 3. The zero-order valence-corrected chi connectivity index (χ0v) is 14.9. The van der Waals surface area contributed by atoms with Crippen LogP contribution >= 0.6 is 0 Å². The molecule has 2 amide bonds. The summed E-state index contributed by atoms with van der Waals surface area (Å²) in [6.07, 6.45) is 1.95. The first kappa shape index (κ1) is 18.4. The van der Waals surface area contributed by atoms with E-state index >= 15 is 0 Å². The van der Waals surface area contributed by atoms with E-state index in [-0.39, 0.29) is 29.0 Å². The molecule has 1 aliphatic carbocycles. The van der Waals surface area contributed by atoms with Gasteiger partial charge in [0.1, 0.15) is 0 Å². The Kier molecular flexibility index (Phi) is 5.29. The highest BCUT2D eigenvalue weighted by molar-refractivity contribution is 7.89. The molecule has 0 aromatic heterocycles. The van der Waals surface area contributed by atoms with Gasteiger partial charge in [-0.15, -0.1) is 0 Å². The molecule has 2 rings (SSSR count). The van der Waals surface area contributed by atoms with Gasteiger partial charge in [-0.3, -0.25) is 9.59 Å². The second-order valence-electron chi connectivity index (χ2n) is 6.91. The van der Waals surface area contributed by atoms with Crippen LogP contribution in [0.5, 0.6) is 0 Å².